The lowest BCUT2D eigenvalue weighted by molar-refractivity contribution is -0.153. The van der Waals surface area contributed by atoms with Crippen LogP contribution in [0.1, 0.15) is 82.6 Å². The van der Waals surface area contributed by atoms with E-state index >= 15 is 0 Å². The molecule has 0 atom stereocenters. The molecule has 0 heterocycles. The Kier molecular flexibility index (Phi) is 5.77. The molecule has 3 heteroatoms. The van der Waals surface area contributed by atoms with Gasteiger partial charge in [0.2, 0.25) is 0 Å². The Balaban J connectivity index is 3.36. The lowest BCUT2D eigenvalue weighted by Crippen LogP contribution is -2.25. The molecule has 1 aromatic carbocycles. The Bertz CT molecular complexity index is 587. The van der Waals surface area contributed by atoms with Crippen molar-refractivity contribution < 1.29 is 9.53 Å². The third-order valence-electron chi connectivity index (χ3n) is 3.45. The van der Waals surface area contributed by atoms with E-state index in [2.05, 4.69) is 33.8 Å². The van der Waals surface area contributed by atoms with Gasteiger partial charge in [-0.25, -0.2) is 0 Å². The van der Waals surface area contributed by atoms with E-state index < -0.39 is 5.60 Å². The fraction of sp³-hybridized carbons (Fsp3) is 0.579. The maximum absolute atomic E-state index is 12.3. The van der Waals surface area contributed by atoms with Gasteiger partial charge in [-0.2, -0.15) is 5.26 Å². The maximum atomic E-state index is 12.3. The van der Waals surface area contributed by atoms with Crippen LogP contribution in [0.4, 0.5) is 0 Å². The summed E-state index contributed by atoms with van der Waals surface area (Å²) in [5.74, 6) is 0.236. The van der Waals surface area contributed by atoms with Gasteiger partial charge in [-0.05, 0) is 55.4 Å². The SMILES string of the molecule is CC(C)c1ccc(C#N)c(C(C)C)c1CC(=O)OC(C)(C)C. The molecule has 1 aromatic rings. The van der Waals surface area contributed by atoms with E-state index in [1.807, 2.05) is 32.9 Å². The summed E-state index contributed by atoms with van der Waals surface area (Å²) in [6, 6.07) is 6.08. The quantitative estimate of drug-likeness (QED) is 0.758. The smallest absolute Gasteiger partial charge is 0.310 e. The third kappa shape index (κ3) is 4.59. The standard InChI is InChI=1S/C19H27NO2/c1-12(2)15-9-8-14(11-20)18(13(3)4)16(15)10-17(21)22-19(5,6)7/h8-9,12-13H,10H2,1-7H3. The molecular weight excluding hydrogens is 274 g/mol. The van der Waals surface area contributed by atoms with Gasteiger partial charge in [0.05, 0.1) is 18.1 Å². The fourth-order valence-corrected chi connectivity index (χ4v) is 2.70. The normalized spacial score (nSPS) is 11.6. The molecular formula is C19H27NO2. The first kappa shape index (κ1) is 18.2. The van der Waals surface area contributed by atoms with Crippen LogP contribution >= 0.6 is 0 Å². The van der Waals surface area contributed by atoms with Crippen molar-refractivity contribution >= 4 is 5.97 Å². The van der Waals surface area contributed by atoms with Gasteiger partial charge in [0.1, 0.15) is 5.60 Å². The average Bonchev–Trinajstić information content (AvgIpc) is 2.34. The lowest BCUT2D eigenvalue weighted by atomic mass is 9.84. The molecule has 0 aliphatic carbocycles. The second kappa shape index (κ2) is 6.96. The Labute approximate surface area is 134 Å². The molecule has 0 spiro atoms. The summed E-state index contributed by atoms with van der Waals surface area (Å²) in [6.07, 6.45) is 0.216. The second-order valence-corrected chi connectivity index (χ2v) is 7.28. The molecule has 0 bridgehead atoms. The molecule has 0 amide bonds. The number of rotatable bonds is 4. The van der Waals surface area contributed by atoms with Crippen LogP contribution in [0, 0.1) is 11.3 Å². The minimum Gasteiger partial charge on any atom is -0.460 e. The van der Waals surface area contributed by atoms with Crippen molar-refractivity contribution in [2.75, 3.05) is 0 Å². The van der Waals surface area contributed by atoms with Gasteiger partial charge in [-0.15, -0.1) is 0 Å². The Hall–Kier alpha value is -1.82. The maximum Gasteiger partial charge on any atom is 0.310 e. The van der Waals surface area contributed by atoms with Crippen molar-refractivity contribution in [3.05, 3.63) is 34.4 Å². The number of hydrogen-bond donors (Lipinski definition) is 0. The first-order valence-electron chi connectivity index (χ1n) is 7.84. The highest BCUT2D eigenvalue weighted by molar-refractivity contribution is 5.75. The Morgan fingerprint density at radius 3 is 2.18 bits per heavy atom. The summed E-state index contributed by atoms with van der Waals surface area (Å²) < 4.78 is 5.46. The summed E-state index contributed by atoms with van der Waals surface area (Å²) in [5.41, 5.74) is 3.20. The van der Waals surface area contributed by atoms with Crippen LogP contribution in [0.25, 0.3) is 0 Å². The van der Waals surface area contributed by atoms with Crippen LogP contribution in [-0.2, 0) is 16.0 Å². The average molecular weight is 301 g/mol. The summed E-state index contributed by atoms with van der Waals surface area (Å²) in [7, 11) is 0. The van der Waals surface area contributed by atoms with Crippen molar-refractivity contribution in [3.63, 3.8) is 0 Å². The van der Waals surface area contributed by atoms with E-state index in [1.54, 1.807) is 0 Å². The summed E-state index contributed by atoms with van der Waals surface area (Å²) in [5, 5.41) is 9.38. The molecule has 0 unspecified atom stereocenters. The monoisotopic (exact) mass is 301 g/mol. The predicted molar refractivity (Wildman–Crippen MR) is 88.9 cm³/mol. The fourth-order valence-electron chi connectivity index (χ4n) is 2.70. The highest BCUT2D eigenvalue weighted by Crippen LogP contribution is 2.31. The number of nitriles is 1. The van der Waals surface area contributed by atoms with Gasteiger partial charge in [-0.1, -0.05) is 33.8 Å². The van der Waals surface area contributed by atoms with Crippen molar-refractivity contribution in [2.45, 2.75) is 72.3 Å². The molecule has 3 nitrogen and oxygen atoms in total. The molecule has 0 N–H and O–H groups in total. The minimum absolute atomic E-state index is 0.186. The van der Waals surface area contributed by atoms with Crippen molar-refractivity contribution in [1.29, 1.82) is 5.26 Å². The zero-order valence-corrected chi connectivity index (χ0v) is 14.8. The van der Waals surface area contributed by atoms with Gasteiger partial charge >= 0.3 is 5.97 Å². The van der Waals surface area contributed by atoms with Crippen molar-refractivity contribution in [3.8, 4) is 6.07 Å². The molecule has 0 aliphatic heterocycles. The molecule has 0 fully saturated rings. The zero-order chi connectivity index (χ0) is 17.1. The van der Waals surface area contributed by atoms with E-state index in [9.17, 15) is 10.1 Å². The molecule has 120 valence electrons. The number of carbonyl (C=O) groups excluding carboxylic acids is 1. The number of nitrogens with zero attached hydrogens (tertiary/aromatic N) is 1. The molecule has 0 saturated heterocycles. The Morgan fingerprint density at radius 2 is 1.77 bits per heavy atom. The van der Waals surface area contributed by atoms with Gasteiger partial charge < -0.3 is 4.74 Å². The molecule has 1 rings (SSSR count). The third-order valence-corrected chi connectivity index (χ3v) is 3.45. The second-order valence-electron chi connectivity index (χ2n) is 7.28. The lowest BCUT2D eigenvalue weighted by Gasteiger charge is -2.23. The highest BCUT2D eigenvalue weighted by atomic mass is 16.6. The molecule has 0 radical (unpaired) electrons. The summed E-state index contributed by atoms with van der Waals surface area (Å²) >= 11 is 0. The van der Waals surface area contributed by atoms with Crippen LogP contribution in [0.5, 0.6) is 0 Å². The number of hydrogen-bond acceptors (Lipinski definition) is 3. The number of ether oxygens (including phenoxy) is 1. The van der Waals surface area contributed by atoms with Crippen molar-refractivity contribution in [2.24, 2.45) is 0 Å². The minimum atomic E-state index is -0.500. The van der Waals surface area contributed by atoms with Crippen LogP contribution in [0.15, 0.2) is 12.1 Å². The molecule has 0 saturated carbocycles. The topological polar surface area (TPSA) is 50.1 Å². The Morgan fingerprint density at radius 1 is 1.18 bits per heavy atom. The van der Waals surface area contributed by atoms with E-state index in [4.69, 9.17) is 4.74 Å². The number of esters is 1. The first-order valence-corrected chi connectivity index (χ1v) is 7.84. The van der Waals surface area contributed by atoms with E-state index in [0.717, 1.165) is 16.7 Å². The van der Waals surface area contributed by atoms with Crippen molar-refractivity contribution in [1.82, 2.24) is 0 Å². The molecule has 0 aliphatic rings. The summed E-state index contributed by atoms with van der Waals surface area (Å²) in [6.45, 7) is 13.9. The molecule has 22 heavy (non-hydrogen) atoms. The van der Waals surface area contributed by atoms with Crippen LogP contribution in [-0.4, -0.2) is 11.6 Å². The van der Waals surface area contributed by atoms with E-state index in [-0.39, 0.29) is 18.3 Å². The number of benzene rings is 1. The summed E-state index contributed by atoms with van der Waals surface area (Å²) in [4.78, 5) is 12.3. The zero-order valence-electron chi connectivity index (χ0n) is 14.8. The van der Waals surface area contributed by atoms with E-state index in [1.165, 1.54) is 0 Å². The van der Waals surface area contributed by atoms with Gasteiger partial charge in [0.25, 0.3) is 0 Å². The van der Waals surface area contributed by atoms with E-state index in [0.29, 0.717) is 11.5 Å². The highest BCUT2D eigenvalue weighted by Gasteiger charge is 2.23. The van der Waals surface area contributed by atoms with Crippen LogP contribution in [0.3, 0.4) is 0 Å². The first-order chi connectivity index (χ1) is 10.1. The van der Waals surface area contributed by atoms with Gasteiger partial charge in [0, 0.05) is 0 Å². The largest absolute Gasteiger partial charge is 0.460 e. The number of carbonyl (C=O) groups is 1. The van der Waals surface area contributed by atoms with Gasteiger partial charge in [0.15, 0.2) is 0 Å². The predicted octanol–water partition coefficient (Wildman–Crippen LogP) is 4.69. The van der Waals surface area contributed by atoms with Crippen LogP contribution < -0.4 is 0 Å². The van der Waals surface area contributed by atoms with Gasteiger partial charge in [-0.3, -0.25) is 4.79 Å². The molecule has 0 aromatic heterocycles. The van der Waals surface area contributed by atoms with Crippen LogP contribution in [0.2, 0.25) is 0 Å².